The van der Waals surface area contributed by atoms with Gasteiger partial charge >= 0.3 is 5.97 Å². The minimum Gasteiger partial charge on any atom is -0.466 e. The monoisotopic (exact) mass is 1000 g/mol. The smallest absolute Gasteiger partial charge is 0.305 e. The number of nitrogens with one attached hydrogen (secondary N) is 1. The predicted molar refractivity (Wildman–Crippen MR) is 310 cm³/mol. The fourth-order valence-electron chi connectivity index (χ4n) is 10.6. The molecule has 3 N–H and O–H groups in total. The average molecular weight is 1000 g/mol. The Morgan fingerprint density at radius 1 is 0.338 bits per heavy atom. The molecule has 0 saturated carbocycles. The van der Waals surface area contributed by atoms with Crippen molar-refractivity contribution in [1.82, 2.24) is 5.32 Å². The van der Waals surface area contributed by atoms with E-state index in [9.17, 15) is 19.8 Å². The average Bonchev–Trinajstić information content (AvgIpc) is 3.37. The Hall–Kier alpha value is -1.14. The highest BCUT2D eigenvalue weighted by molar-refractivity contribution is 5.76. The van der Waals surface area contributed by atoms with Gasteiger partial charge in [0.1, 0.15) is 0 Å². The van der Waals surface area contributed by atoms with E-state index in [0.717, 1.165) is 51.4 Å². The fraction of sp³-hybridized carbons (Fsp3) is 0.969. The van der Waals surface area contributed by atoms with Gasteiger partial charge in [-0.15, -0.1) is 0 Å². The molecule has 1 amide bonds. The Bertz CT molecular complexity index is 1020. The highest BCUT2D eigenvalue weighted by Crippen LogP contribution is 2.19. The summed E-state index contributed by atoms with van der Waals surface area (Å²) in [5.74, 6) is -0.0367. The first kappa shape index (κ1) is 69.9. The molecule has 0 aromatic heterocycles. The zero-order valence-corrected chi connectivity index (χ0v) is 48.5. The van der Waals surface area contributed by atoms with Crippen LogP contribution >= 0.6 is 0 Å². The Morgan fingerprint density at radius 2 is 0.577 bits per heavy atom. The van der Waals surface area contributed by atoms with Gasteiger partial charge in [-0.2, -0.15) is 0 Å². The van der Waals surface area contributed by atoms with Crippen LogP contribution in [0.4, 0.5) is 0 Å². The number of carbonyl (C=O) groups excluding carboxylic acids is 2. The first-order valence-corrected chi connectivity index (χ1v) is 32.8. The van der Waals surface area contributed by atoms with Crippen molar-refractivity contribution in [2.24, 2.45) is 0 Å². The van der Waals surface area contributed by atoms with E-state index in [1.807, 2.05) is 0 Å². The molecule has 0 aliphatic heterocycles. The summed E-state index contributed by atoms with van der Waals surface area (Å²) < 4.78 is 5.49. The molecule has 0 radical (unpaired) electrons. The largest absolute Gasteiger partial charge is 0.466 e. The highest BCUT2D eigenvalue weighted by atomic mass is 16.5. The second-order valence-corrected chi connectivity index (χ2v) is 22.8. The van der Waals surface area contributed by atoms with E-state index < -0.39 is 12.1 Å². The van der Waals surface area contributed by atoms with Gasteiger partial charge in [0, 0.05) is 12.8 Å². The molecule has 0 aromatic rings. The van der Waals surface area contributed by atoms with E-state index in [0.29, 0.717) is 25.9 Å². The molecule has 2 unspecified atom stereocenters. The van der Waals surface area contributed by atoms with Gasteiger partial charge in [-0.25, -0.2) is 0 Å². The lowest BCUT2D eigenvalue weighted by atomic mass is 10.0. The van der Waals surface area contributed by atoms with Gasteiger partial charge in [0.15, 0.2) is 0 Å². The van der Waals surface area contributed by atoms with Crippen LogP contribution in [0.3, 0.4) is 0 Å². The summed E-state index contributed by atoms with van der Waals surface area (Å²) in [5.41, 5.74) is 0. The van der Waals surface area contributed by atoms with E-state index in [2.05, 4.69) is 19.2 Å². The van der Waals surface area contributed by atoms with Crippen molar-refractivity contribution in [3.05, 3.63) is 0 Å². The lowest BCUT2D eigenvalue weighted by Crippen LogP contribution is -2.45. The third kappa shape index (κ3) is 58.0. The number of unbranched alkanes of at least 4 members (excludes halogenated alkanes) is 51. The predicted octanol–water partition coefficient (Wildman–Crippen LogP) is 20.6. The number of hydrogen-bond donors (Lipinski definition) is 3. The number of rotatable bonds is 62. The van der Waals surface area contributed by atoms with Crippen LogP contribution < -0.4 is 5.32 Å². The Kier molecular flexibility index (Phi) is 60.4. The van der Waals surface area contributed by atoms with E-state index in [1.165, 1.54) is 295 Å². The second-order valence-electron chi connectivity index (χ2n) is 22.8. The van der Waals surface area contributed by atoms with Gasteiger partial charge in [-0.3, -0.25) is 9.59 Å². The molecule has 0 aliphatic rings. The van der Waals surface area contributed by atoms with Crippen molar-refractivity contribution in [1.29, 1.82) is 0 Å². The number of amides is 1. The molecular weight excluding hydrogens is 875 g/mol. The minimum absolute atomic E-state index is 0.00312. The quantitative estimate of drug-likeness (QED) is 0.0417. The van der Waals surface area contributed by atoms with Crippen molar-refractivity contribution in [3.8, 4) is 0 Å². The summed E-state index contributed by atoms with van der Waals surface area (Å²) in [4.78, 5) is 24.6. The Labute approximate surface area is 445 Å². The van der Waals surface area contributed by atoms with Gasteiger partial charge in [-0.1, -0.05) is 341 Å². The molecule has 0 heterocycles. The lowest BCUT2D eigenvalue weighted by Gasteiger charge is -2.22. The van der Waals surface area contributed by atoms with Crippen molar-refractivity contribution < 1.29 is 24.5 Å². The van der Waals surface area contributed by atoms with Crippen molar-refractivity contribution in [3.63, 3.8) is 0 Å². The van der Waals surface area contributed by atoms with Gasteiger partial charge in [0.25, 0.3) is 0 Å². The summed E-state index contributed by atoms with van der Waals surface area (Å²) in [6.45, 7) is 4.98. The summed E-state index contributed by atoms with van der Waals surface area (Å²) in [5, 5.41) is 23.4. The molecule has 0 fully saturated rings. The van der Waals surface area contributed by atoms with Crippen LogP contribution in [0.25, 0.3) is 0 Å². The SMILES string of the molecule is CCCCCCCCCCCCCCCCCCCCCCCCCCC(O)C(CO)NC(=O)CCCCCCCCCCCCCCCCOC(=O)CCCCCCCCCCCCCCCCCC. The third-order valence-electron chi connectivity index (χ3n) is 15.7. The molecule has 424 valence electrons. The van der Waals surface area contributed by atoms with Crippen LogP contribution in [0.2, 0.25) is 0 Å². The summed E-state index contributed by atoms with van der Waals surface area (Å²) in [7, 11) is 0. The first-order valence-electron chi connectivity index (χ1n) is 32.8. The van der Waals surface area contributed by atoms with Crippen LogP contribution in [-0.2, 0) is 14.3 Å². The standard InChI is InChI=1S/C65H129NO5/c1-3-5-7-9-11-13-15-17-19-21-22-23-24-25-26-27-28-29-33-37-41-45-49-53-57-63(68)62(61-67)66-64(69)58-54-50-46-42-38-34-31-32-36-40-44-48-52-56-60-71-65(70)59-55-51-47-43-39-35-30-20-18-16-14-12-10-8-6-4-2/h62-63,67-68H,3-61H2,1-2H3,(H,66,69). The van der Waals surface area contributed by atoms with Crippen LogP contribution in [-0.4, -0.2) is 47.4 Å². The number of aliphatic hydroxyl groups is 2. The molecule has 2 atom stereocenters. The molecule has 6 nitrogen and oxygen atoms in total. The molecule has 0 bridgehead atoms. The van der Waals surface area contributed by atoms with E-state index in [-0.39, 0.29) is 18.5 Å². The minimum atomic E-state index is -0.671. The molecule has 6 heteroatoms. The second kappa shape index (κ2) is 61.4. The molecule has 0 rings (SSSR count). The van der Waals surface area contributed by atoms with E-state index >= 15 is 0 Å². The van der Waals surface area contributed by atoms with Gasteiger partial charge in [0.05, 0.1) is 25.4 Å². The van der Waals surface area contributed by atoms with Crippen LogP contribution in [0.5, 0.6) is 0 Å². The molecule has 0 saturated heterocycles. The maximum Gasteiger partial charge on any atom is 0.305 e. The van der Waals surface area contributed by atoms with Gasteiger partial charge in [0.2, 0.25) is 5.91 Å². The highest BCUT2D eigenvalue weighted by Gasteiger charge is 2.20. The maximum absolute atomic E-state index is 12.5. The number of aliphatic hydroxyl groups excluding tert-OH is 2. The van der Waals surface area contributed by atoms with Crippen LogP contribution in [0.15, 0.2) is 0 Å². The molecule has 0 aromatic carbocycles. The van der Waals surface area contributed by atoms with E-state index in [4.69, 9.17) is 4.74 Å². The third-order valence-corrected chi connectivity index (χ3v) is 15.7. The van der Waals surface area contributed by atoms with Gasteiger partial charge in [-0.05, 0) is 25.7 Å². The molecule has 0 aliphatic carbocycles. The van der Waals surface area contributed by atoms with Crippen LogP contribution in [0.1, 0.15) is 380 Å². The normalized spacial score (nSPS) is 12.5. The molecule has 71 heavy (non-hydrogen) atoms. The van der Waals surface area contributed by atoms with Crippen molar-refractivity contribution in [2.45, 2.75) is 392 Å². The Balaban J connectivity index is 3.41. The number of hydrogen-bond acceptors (Lipinski definition) is 5. The zero-order chi connectivity index (χ0) is 51.4. The summed E-state index contributed by atoms with van der Waals surface area (Å²) >= 11 is 0. The lowest BCUT2D eigenvalue weighted by molar-refractivity contribution is -0.143. The van der Waals surface area contributed by atoms with Gasteiger partial charge < -0.3 is 20.3 Å². The topological polar surface area (TPSA) is 95.9 Å². The molecular formula is C65H129NO5. The van der Waals surface area contributed by atoms with Crippen molar-refractivity contribution >= 4 is 11.9 Å². The fourth-order valence-corrected chi connectivity index (χ4v) is 10.6. The molecule has 0 spiro atoms. The maximum atomic E-state index is 12.5. The Morgan fingerprint density at radius 3 is 0.859 bits per heavy atom. The van der Waals surface area contributed by atoms with E-state index in [1.54, 1.807) is 0 Å². The summed E-state index contributed by atoms with van der Waals surface area (Å²) in [6, 6.07) is -0.549. The first-order chi connectivity index (χ1) is 35.0. The number of ether oxygens (including phenoxy) is 1. The zero-order valence-electron chi connectivity index (χ0n) is 48.5. The number of esters is 1. The van der Waals surface area contributed by atoms with Crippen LogP contribution in [0, 0.1) is 0 Å². The van der Waals surface area contributed by atoms with Crippen molar-refractivity contribution in [2.75, 3.05) is 13.2 Å². The summed E-state index contributed by atoms with van der Waals surface area (Å²) in [6.07, 6.45) is 72.6. The number of carbonyl (C=O) groups is 2.